The fourth-order valence-corrected chi connectivity index (χ4v) is 3.98. The molecule has 0 spiro atoms. The van der Waals surface area contributed by atoms with E-state index in [1.54, 1.807) is 6.33 Å². The number of nitrogens with one attached hydrogen (secondary N) is 1. The summed E-state index contributed by atoms with van der Waals surface area (Å²) in [6, 6.07) is 8.88. The molecule has 0 fully saturated rings. The highest BCUT2D eigenvalue weighted by Gasteiger charge is 2.20. The van der Waals surface area contributed by atoms with E-state index in [4.69, 9.17) is 0 Å². The largest absolute Gasteiger partial charge is 0.349 e. The van der Waals surface area contributed by atoms with Crippen LogP contribution in [0.1, 0.15) is 56.3 Å². The van der Waals surface area contributed by atoms with Gasteiger partial charge in [-0.3, -0.25) is 4.79 Å². The summed E-state index contributed by atoms with van der Waals surface area (Å²) in [4.78, 5) is 12.4. The number of nitrogens with zero attached hydrogens (tertiary/aromatic N) is 3. The molecule has 1 aromatic heterocycles. The van der Waals surface area contributed by atoms with E-state index >= 15 is 0 Å². The van der Waals surface area contributed by atoms with Gasteiger partial charge in [-0.1, -0.05) is 42.4 Å². The van der Waals surface area contributed by atoms with Crippen molar-refractivity contribution in [1.29, 1.82) is 0 Å². The highest BCUT2D eigenvalue weighted by atomic mass is 32.2. The van der Waals surface area contributed by atoms with Crippen LogP contribution < -0.4 is 5.32 Å². The molecule has 1 aliphatic rings. The van der Waals surface area contributed by atoms with Crippen molar-refractivity contribution in [2.75, 3.05) is 5.75 Å². The third-order valence-electron chi connectivity index (χ3n) is 4.38. The molecular formula is C18H24N4OS. The Kier molecular flexibility index (Phi) is 5.56. The molecular weight excluding hydrogens is 320 g/mol. The van der Waals surface area contributed by atoms with Gasteiger partial charge in [0, 0.05) is 6.04 Å². The van der Waals surface area contributed by atoms with Crippen molar-refractivity contribution in [3.05, 3.63) is 41.7 Å². The fraction of sp³-hybridized carbons (Fsp3) is 0.500. The lowest BCUT2D eigenvalue weighted by molar-refractivity contribution is -0.119. The standard InChI is InChI=1S/C18H24N4OS/c1-13(2)22-12-19-21-18(22)24-11-17(23)20-16-10-6-4-8-14-7-3-5-9-15(14)16/h3,5,7,9,12-13,16H,4,6,8,10-11H2,1-2H3,(H,20,23)/t16-/m0/s1. The van der Waals surface area contributed by atoms with Crippen molar-refractivity contribution in [2.45, 2.75) is 56.8 Å². The second kappa shape index (κ2) is 7.83. The van der Waals surface area contributed by atoms with Gasteiger partial charge in [0.15, 0.2) is 5.16 Å². The van der Waals surface area contributed by atoms with Gasteiger partial charge >= 0.3 is 0 Å². The second-order valence-electron chi connectivity index (χ2n) is 6.47. The van der Waals surface area contributed by atoms with E-state index in [0.717, 1.165) is 24.4 Å². The van der Waals surface area contributed by atoms with Gasteiger partial charge in [0.25, 0.3) is 0 Å². The number of aromatic nitrogens is 3. The maximum Gasteiger partial charge on any atom is 0.230 e. The first-order chi connectivity index (χ1) is 11.6. The molecule has 5 nitrogen and oxygen atoms in total. The lowest BCUT2D eigenvalue weighted by Crippen LogP contribution is -2.30. The van der Waals surface area contributed by atoms with Crippen molar-refractivity contribution in [3.8, 4) is 0 Å². The van der Waals surface area contributed by atoms with E-state index in [0.29, 0.717) is 11.8 Å². The monoisotopic (exact) mass is 344 g/mol. The number of carbonyl (C=O) groups excluding carboxylic acids is 1. The molecule has 128 valence electrons. The average Bonchev–Trinajstić information content (AvgIpc) is 2.96. The molecule has 0 bridgehead atoms. The summed E-state index contributed by atoms with van der Waals surface area (Å²) < 4.78 is 1.99. The zero-order valence-corrected chi connectivity index (χ0v) is 15.1. The molecule has 1 aliphatic carbocycles. The molecule has 1 N–H and O–H groups in total. The van der Waals surface area contributed by atoms with Crippen LogP contribution in [0.2, 0.25) is 0 Å². The first-order valence-corrected chi connectivity index (χ1v) is 9.53. The summed E-state index contributed by atoms with van der Waals surface area (Å²) in [5, 5.41) is 12.0. The number of carbonyl (C=O) groups is 1. The van der Waals surface area contributed by atoms with Crippen LogP contribution in [-0.4, -0.2) is 26.4 Å². The lowest BCUT2D eigenvalue weighted by Gasteiger charge is -2.19. The van der Waals surface area contributed by atoms with E-state index in [2.05, 4.69) is 53.6 Å². The summed E-state index contributed by atoms with van der Waals surface area (Å²) in [7, 11) is 0. The van der Waals surface area contributed by atoms with E-state index < -0.39 is 0 Å². The number of hydrogen-bond donors (Lipinski definition) is 1. The number of rotatable bonds is 5. The highest BCUT2D eigenvalue weighted by Crippen LogP contribution is 2.28. The third kappa shape index (κ3) is 3.98. The Hall–Kier alpha value is -1.82. The zero-order valence-electron chi connectivity index (χ0n) is 14.2. The summed E-state index contributed by atoms with van der Waals surface area (Å²) in [6.45, 7) is 4.16. The number of thioether (sulfide) groups is 1. The Balaban J connectivity index is 1.62. The van der Waals surface area contributed by atoms with Crippen LogP contribution in [0.15, 0.2) is 35.7 Å². The Bertz CT molecular complexity index is 698. The van der Waals surface area contributed by atoms with Gasteiger partial charge in [-0.25, -0.2) is 0 Å². The molecule has 1 aromatic carbocycles. The molecule has 6 heteroatoms. The van der Waals surface area contributed by atoms with Crippen molar-refractivity contribution in [1.82, 2.24) is 20.1 Å². The van der Waals surface area contributed by atoms with Crippen molar-refractivity contribution < 1.29 is 4.79 Å². The van der Waals surface area contributed by atoms with Gasteiger partial charge in [0.2, 0.25) is 5.91 Å². The Morgan fingerprint density at radius 2 is 2.21 bits per heavy atom. The summed E-state index contributed by atoms with van der Waals surface area (Å²) >= 11 is 1.44. The minimum absolute atomic E-state index is 0.0556. The van der Waals surface area contributed by atoms with E-state index in [1.807, 2.05) is 4.57 Å². The Morgan fingerprint density at radius 3 is 3.04 bits per heavy atom. The van der Waals surface area contributed by atoms with Crippen molar-refractivity contribution in [3.63, 3.8) is 0 Å². The molecule has 0 saturated heterocycles. The Labute approximate surface area is 147 Å². The first-order valence-electron chi connectivity index (χ1n) is 8.54. The number of aryl methyl sites for hydroxylation is 1. The van der Waals surface area contributed by atoms with E-state index in [-0.39, 0.29) is 11.9 Å². The minimum Gasteiger partial charge on any atom is -0.349 e. The quantitative estimate of drug-likeness (QED) is 0.666. The molecule has 2 aromatic rings. The van der Waals surface area contributed by atoms with Crippen LogP contribution in [-0.2, 0) is 11.2 Å². The lowest BCUT2D eigenvalue weighted by atomic mass is 9.99. The molecule has 0 saturated carbocycles. The normalized spacial score (nSPS) is 17.4. The van der Waals surface area contributed by atoms with Gasteiger partial charge in [0.05, 0.1) is 11.8 Å². The maximum absolute atomic E-state index is 12.4. The maximum atomic E-state index is 12.4. The topological polar surface area (TPSA) is 59.8 Å². The van der Waals surface area contributed by atoms with Crippen LogP contribution in [0.4, 0.5) is 0 Å². The summed E-state index contributed by atoms with van der Waals surface area (Å²) in [5.41, 5.74) is 2.64. The number of hydrogen-bond acceptors (Lipinski definition) is 4. The molecule has 1 atom stereocenters. The number of benzene rings is 1. The van der Waals surface area contributed by atoms with Gasteiger partial charge in [0.1, 0.15) is 6.33 Å². The van der Waals surface area contributed by atoms with Crippen molar-refractivity contribution in [2.24, 2.45) is 0 Å². The van der Waals surface area contributed by atoms with Crippen molar-refractivity contribution >= 4 is 17.7 Å². The third-order valence-corrected chi connectivity index (χ3v) is 5.34. The molecule has 1 heterocycles. The molecule has 0 aliphatic heterocycles. The van der Waals surface area contributed by atoms with Crippen LogP contribution in [0.5, 0.6) is 0 Å². The summed E-state index contributed by atoms with van der Waals surface area (Å²) in [5.74, 6) is 0.421. The van der Waals surface area contributed by atoms with E-state index in [9.17, 15) is 4.79 Å². The van der Waals surface area contributed by atoms with E-state index in [1.165, 1.54) is 29.3 Å². The smallest absolute Gasteiger partial charge is 0.230 e. The fourth-order valence-electron chi connectivity index (χ4n) is 3.13. The van der Waals surface area contributed by atoms with Crippen LogP contribution in [0, 0.1) is 0 Å². The second-order valence-corrected chi connectivity index (χ2v) is 7.41. The minimum atomic E-state index is 0.0556. The first kappa shape index (κ1) is 17.0. The van der Waals surface area contributed by atoms with Gasteiger partial charge in [-0.15, -0.1) is 10.2 Å². The predicted molar refractivity (Wildman–Crippen MR) is 96.0 cm³/mol. The van der Waals surface area contributed by atoms with Gasteiger partial charge in [-0.05, 0) is 44.2 Å². The molecule has 0 unspecified atom stereocenters. The van der Waals surface area contributed by atoms with Gasteiger partial charge < -0.3 is 9.88 Å². The highest BCUT2D eigenvalue weighted by molar-refractivity contribution is 7.99. The van der Waals surface area contributed by atoms with Crippen LogP contribution in [0.25, 0.3) is 0 Å². The molecule has 24 heavy (non-hydrogen) atoms. The molecule has 1 amide bonds. The van der Waals surface area contributed by atoms with Crippen LogP contribution in [0.3, 0.4) is 0 Å². The zero-order chi connectivity index (χ0) is 16.9. The number of fused-ring (bicyclic) bond motifs is 1. The SMILES string of the molecule is CC(C)n1cnnc1SCC(=O)N[C@H]1CCCCc2ccccc21. The summed E-state index contributed by atoms with van der Waals surface area (Å²) in [6.07, 6.45) is 6.17. The number of amides is 1. The predicted octanol–water partition coefficient (Wildman–Crippen LogP) is 3.54. The Morgan fingerprint density at radius 1 is 1.38 bits per heavy atom. The van der Waals surface area contributed by atoms with Gasteiger partial charge in [-0.2, -0.15) is 0 Å². The molecule has 3 rings (SSSR count). The van der Waals surface area contributed by atoms with Crippen LogP contribution >= 0.6 is 11.8 Å². The average molecular weight is 344 g/mol. The molecule has 0 radical (unpaired) electrons.